The highest BCUT2D eigenvalue weighted by Gasteiger charge is 2.21. The zero-order valence-corrected chi connectivity index (χ0v) is 18.4. The molecule has 0 bridgehead atoms. The number of carbonyl (C=O) groups excluding carboxylic acids is 1. The minimum Gasteiger partial charge on any atom is -0.593 e. The summed E-state index contributed by atoms with van der Waals surface area (Å²) in [5.74, 6) is -0.233. The zero-order valence-electron chi connectivity index (χ0n) is 16.8. The minimum atomic E-state index is -1.71. The molecule has 0 radical (unpaired) electrons. The van der Waals surface area contributed by atoms with Gasteiger partial charge in [0.1, 0.15) is 0 Å². The van der Waals surface area contributed by atoms with E-state index in [-0.39, 0.29) is 18.6 Å². The number of benzene rings is 2. The molecular formula is C22H23ClN4O3S. The highest BCUT2D eigenvalue weighted by Crippen LogP contribution is 2.31. The van der Waals surface area contributed by atoms with Gasteiger partial charge in [-0.2, -0.15) is 5.10 Å². The van der Waals surface area contributed by atoms with Crippen LogP contribution in [0, 0.1) is 0 Å². The van der Waals surface area contributed by atoms with Crippen molar-refractivity contribution in [3.63, 3.8) is 0 Å². The van der Waals surface area contributed by atoms with E-state index in [1.807, 2.05) is 28.9 Å². The lowest BCUT2D eigenvalue weighted by atomic mass is 10.1. The molecule has 2 atom stereocenters. The first kappa shape index (κ1) is 21.9. The van der Waals surface area contributed by atoms with Gasteiger partial charge in [-0.1, -0.05) is 29.8 Å². The molecule has 3 N–H and O–H groups in total. The summed E-state index contributed by atoms with van der Waals surface area (Å²) in [5, 5.41) is 13.5. The second-order valence-electron chi connectivity index (χ2n) is 7.34. The van der Waals surface area contributed by atoms with Crippen LogP contribution in [0.25, 0.3) is 11.3 Å². The van der Waals surface area contributed by atoms with E-state index in [0.29, 0.717) is 22.2 Å². The summed E-state index contributed by atoms with van der Waals surface area (Å²) < 4.78 is 19.7. The van der Waals surface area contributed by atoms with Crippen LogP contribution >= 0.6 is 11.6 Å². The molecule has 9 heteroatoms. The Bertz CT molecular complexity index is 1070. The SMILES string of the molecule is N[S+]([O-])c1cc(NC(=O)Cc2ccccc2Cl)cc(-c2ccnn2C2CCCCO2)c1. The van der Waals surface area contributed by atoms with Crippen molar-refractivity contribution < 1.29 is 14.1 Å². The number of nitrogens with zero attached hydrogens (tertiary/aromatic N) is 2. The van der Waals surface area contributed by atoms with Gasteiger partial charge in [0.2, 0.25) is 5.91 Å². The predicted octanol–water partition coefficient (Wildman–Crippen LogP) is 4.07. The second kappa shape index (κ2) is 9.84. The molecule has 1 fully saturated rings. The molecular weight excluding hydrogens is 436 g/mol. The maximum atomic E-state index is 12.6. The van der Waals surface area contributed by atoms with Crippen molar-refractivity contribution in [1.29, 1.82) is 0 Å². The van der Waals surface area contributed by atoms with Gasteiger partial charge in [-0.3, -0.25) is 4.79 Å². The fourth-order valence-electron chi connectivity index (χ4n) is 3.64. The summed E-state index contributed by atoms with van der Waals surface area (Å²) in [5.41, 5.74) is 2.78. The van der Waals surface area contributed by atoms with E-state index in [0.717, 1.165) is 36.1 Å². The number of rotatable bonds is 6. The minimum absolute atomic E-state index is 0.124. The number of amides is 1. The number of ether oxygens (including phenoxy) is 1. The Labute approximate surface area is 188 Å². The van der Waals surface area contributed by atoms with Crippen LogP contribution in [0.1, 0.15) is 31.1 Å². The van der Waals surface area contributed by atoms with Crippen molar-refractivity contribution in [3.8, 4) is 11.3 Å². The number of hydrogen-bond acceptors (Lipinski definition) is 5. The van der Waals surface area contributed by atoms with Crippen LogP contribution in [0.3, 0.4) is 0 Å². The molecule has 31 heavy (non-hydrogen) atoms. The molecule has 2 unspecified atom stereocenters. The molecule has 0 spiro atoms. The number of aromatic nitrogens is 2. The second-order valence-corrected chi connectivity index (χ2v) is 8.82. The quantitative estimate of drug-likeness (QED) is 0.542. The first-order valence-corrected chi connectivity index (χ1v) is 11.6. The van der Waals surface area contributed by atoms with E-state index in [1.165, 1.54) is 0 Å². The Morgan fingerprint density at radius 1 is 1.29 bits per heavy atom. The molecule has 1 aliphatic rings. The molecule has 7 nitrogen and oxygen atoms in total. The number of anilines is 1. The molecule has 162 valence electrons. The van der Waals surface area contributed by atoms with Gasteiger partial charge in [0.25, 0.3) is 0 Å². The third kappa shape index (κ3) is 5.28. The highest BCUT2D eigenvalue weighted by atomic mass is 35.5. The molecule has 0 saturated carbocycles. The molecule has 1 amide bonds. The molecule has 2 aromatic carbocycles. The first-order valence-electron chi connectivity index (χ1n) is 10.0. The summed E-state index contributed by atoms with van der Waals surface area (Å²) in [6.45, 7) is 0.695. The third-order valence-corrected chi connectivity index (χ3v) is 6.19. The van der Waals surface area contributed by atoms with Crippen molar-refractivity contribution in [1.82, 2.24) is 9.78 Å². The average Bonchev–Trinajstić information content (AvgIpc) is 3.26. The number of halogens is 1. The predicted molar refractivity (Wildman–Crippen MR) is 121 cm³/mol. The topological polar surface area (TPSA) is 105 Å². The van der Waals surface area contributed by atoms with Gasteiger partial charge in [-0.15, -0.1) is 5.14 Å². The van der Waals surface area contributed by atoms with E-state index < -0.39 is 11.4 Å². The fourth-order valence-corrected chi connectivity index (χ4v) is 4.33. The first-order chi connectivity index (χ1) is 15.0. The van der Waals surface area contributed by atoms with E-state index in [2.05, 4.69) is 10.4 Å². The number of nitrogens with one attached hydrogen (secondary N) is 1. The van der Waals surface area contributed by atoms with Gasteiger partial charge in [0, 0.05) is 41.2 Å². The summed E-state index contributed by atoms with van der Waals surface area (Å²) in [7, 11) is 0. The lowest BCUT2D eigenvalue weighted by molar-refractivity contribution is -0.115. The number of nitrogens with two attached hydrogens (primary N) is 1. The monoisotopic (exact) mass is 458 g/mol. The molecule has 0 aliphatic carbocycles. The Morgan fingerprint density at radius 3 is 2.87 bits per heavy atom. The molecule has 2 heterocycles. The highest BCUT2D eigenvalue weighted by molar-refractivity contribution is 7.89. The largest absolute Gasteiger partial charge is 0.593 e. The average molecular weight is 459 g/mol. The van der Waals surface area contributed by atoms with Gasteiger partial charge in [0.05, 0.1) is 23.5 Å². The van der Waals surface area contributed by atoms with E-state index >= 15 is 0 Å². The Hall–Kier alpha value is -2.36. The molecule has 1 aromatic heterocycles. The van der Waals surface area contributed by atoms with Gasteiger partial charge < -0.3 is 14.6 Å². The smallest absolute Gasteiger partial charge is 0.228 e. The normalized spacial score (nSPS) is 17.3. The van der Waals surface area contributed by atoms with Gasteiger partial charge in [0.15, 0.2) is 11.1 Å². The van der Waals surface area contributed by atoms with Crippen molar-refractivity contribution in [3.05, 3.63) is 65.3 Å². The fraction of sp³-hybridized carbons (Fsp3) is 0.273. The van der Waals surface area contributed by atoms with E-state index in [9.17, 15) is 9.35 Å². The maximum absolute atomic E-state index is 12.6. The van der Waals surface area contributed by atoms with Crippen molar-refractivity contribution in [2.75, 3.05) is 11.9 Å². The number of carbonyl (C=O) groups is 1. The lowest BCUT2D eigenvalue weighted by Crippen LogP contribution is -2.20. The number of hydrogen-bond donors (Lipinski definition) is 2. The van der Waals surface area contributed by atoms with Crippen LogP contribution in [0.15, 0.2) is 59.6 Å². The standard InChI is InChI=1S/C22H23ClN4O3S/c23-19-6-2-1-5-15(19)13-21(28)26-17-11-16(12-18(14-17)31(24)29)20-8-9-25-27(20)22-7-3-4-10-30-22/h1-2,5-6,8-9,11-12,14,22H,3-4,7,10,13,24H2,(H,26,28). The van der Waals surface area contributed by atoms with E-state index in [4.69, 9.17) is 21.5 Å². The van der Waals surface area contributed by atoms with Gasteiger partial charge >= 0.3 is 0 Å². The summed E-state index contributed by atoms with van der Waals surface area (Å²) in [4.78, 5) is 13.0. The van der Waals surface area contributed by atoms with Crippen LogP contribution in [0.2, 0.25) is 5.02 Å². The van der Waals surface area contributed by atoms with Crippen LogP contribution < -0.4 is 10.5 Å². The lowest BCUT2D eigenvalue weighted by Gasteiger charge is -2.24. The van der Waals surface area contributed by atoms with Crippen LogP contribution in [0.4, 0.5) is 5.69 Å². The molecule has 1 saturated heterocycles. The van der Waals surface area contributed by atoms with Crippen LogP contribution in [-0.2, 0) is 27.3 Å². The van der Waals surface area contributed by atoms with Crippen LogP contribution in [0.5, 0.6) is 0 Å². The van der Waals surface area contributed by atoms with E-state index in [1.54, 1.807) is 30.5 Å². The zero-order chi connectivity index (χ0) is 21.8. The van der Waals surface area contributed by atoms with Crippen LogP contribution in [-0.4, -0.2) is 26.8 Å². The molecule has 1 aliphatic heterocycles. The van der Waals surface area contributed by atoms with Crippen molar-refractivity contribution in [2.45, 2.75) is 36.8 Å². The molecule has 3 aromatic rings. The summed E-state index contributed by atoms with van der Waals surface area (Å²) in [6, 6.07) is 14.2. The summed E-state index contributed by atoms with van der Waals surface area (Å²) in [6.07, 6.45) is 4.66. The Balaban J connectivity index is 1.61. The van der Waals surface area contributed by atoms with Gasteiger partial charge in [-0.25, -0.2) is 4.68 Å². The van der Waals surface area contributed by atoms with Crippen molar-refractivity contribution in [2.24, 2.45) is 5.14 Å². The van der Waals surface area contributed by atoms with Crippen molar-refractivity contribution >= 4 is 34.6 Å². The third-order valence-electron chi connectivity index (χ3n) is 5.13. The van der Waals surface area contributed by atoms with Gasteiger partial charge in [-0.05, 0) is 43.0 Å². The molecule has 4 rings (SSSR count). The summed E-state index contributed by atoms with van der Waals surface area (Å²) >= 11 is 4.45. The Morgan fingerprint density at radius 2 is 2.13 bits per heavy atom. The Kier molecular flexibility index (Phi) is 6.94. The maximum Gasteiger partial charge on any atom is 0.228 e.